The normalized spacial score (nSPS) is 19.1. The Hall–Kier alpha value is -3.35. The highest BCUT2D eigenvalue weighted by molar-refractivity contribution is 5.85. The van der Waals surface area contributed by atoms with Crippen molar-refractivity contribution >= 4 is 18.0 Å². The molecule has 2 aliphatic carbocycles. The van der Waals surface area contributed by atoms with E-state index < -0.39 is 18.0 Å². The lowest BCUT2D eigenvalue weighted by atomic mass is 9.98. The van der Waals surface area contributed by atoms with Crippen LogP contribution in [-0.2, 0) is 14.3 Å². The highest BCUT2D eigenvalue weighted by atomic mass is 16.5. The second kappa shape index (κ2) is 9.65. The van der Waals surface area contributed by atoms with Crippen LogP contribution in [0, 0.1) is 5.92 Å². The van der Waals surface area contributed by atoms with E-state index in [1.165, 1.54) is 4.90 Å². The topological polar surface area (TPSA) is 95.9 Å². The summed E-state index contributed by atoms with van der Waals surface area (Å²) in [6, 6.07) is 15.7. The number of rotatable bonds is 7. The summed E-state index contributed by atoms with van der Waals surface area (Å²) in [5, 5.41) is 12.0. The largest absolute Gasteiger partial charge is 0.480 e. The molecule has 0 unspecified atom stereocenters. The molecular weight excluding hydrogens is 420 g/mol. The van der Waals surface area contributed by atoms with E-state index in [1.54, 1.807) is 13.8 Å². The van der Waals surface area contributed by atoms with E-state index in [-0.39, 0.29) is 37.1 Å². The smallest absolute Gasteiger partial charge is 0.407 e. The summed E-state index contributed by atoms with van der Waals surface area (Å²) in [5.74, 6) is -1.74. The Morgan fingerprint density at radius 3 is 2.21 bits per heavy atom. The zero-order valence-corrected chi connectivity index (χ0v) is 19.0. The van der Waals surface area contributed by atoms with E-state index in [0.717, 1.165) is 28.7 Å². The lowest BCUT2D eigenvalue weighted by Crippen LogP contribution is -2.49. The molecule has 4 rings (SSSR count). The SMILES string of the molecule is CC(C)N(CC(=O)O)C(=O)[C@H]1CCC[C@H]1NC(=O)OCC1c2ccccc2-c2ccccc21. The van der Waals surface area contributed by atoms with Crippen molar-refractivity contribution in [3.63, 3.8) is 0 Å². The molecule has 1 saturated carbocycles. The number of carbonyl (C=O) groups is 3. The Balaban J connectivity index is 1.40. The van der Waals surface area contributed by atoms with E-state index in [9.17, 15) is 14.4 Å². The van der Waals surface area contributed by atoms with E-state index in [1.807, 2.05) is 24.3 Å². The van der Waals surface area contributed by atoms with Gasteiger partial charge in [0.15, 0.2) is 0 Å². The van der Waals surface area contributed by atoms with Gasteiger partial charge in [0.1, 0.15) is 13.2 Å². The number of hydrogen-bond acceptors (Lipinski definition) is 4. The van der Waals surface area contributed by atoms with Gasteiger partial charge in [-0.05, 0) is 48.9 Å². The minimum Gasteiger partial charge on any atom is -0.480 e. The third-order valence-corrected chi connectivity index (χ3v) is 6.69. The van der Waals surface area contributed by atoms with Gasteiger partial charge in [-0.25, -0.2) is 4.79 Å². The van der Waals surface area contributed by atoms with Crippen LogP contribution in [0.3, 0.4) is 0 Å². The summed E-state index contributed by atoms with van der Waals surface area (Å²) in [5.41, 5.74) is 4.61. The van der Waals surface area contributed by atoms with Crippen LogP contribution in [0.2, 0.25) is 0 Å². The zero-order valence-electron chi connectivity index (χ0n) is 19.0. The molecule has 0 aliphatic heterocycles. The number of alkyl carbamates (subject to hydrolysis) is 1. The number of nitrogens with one attached hydrogen (secondary N) is 1. The second-order valence-corrected chi connectivity index (χ2v) is 9.07. The Morgan fingerprint density at radius 2 is 1.64 bits per heavy atom. The molecule has 2 aliphatic rings. The number of nitrogens with zero attached hydrogens (tertiary/aromatic N) is 1. The van der Waals surface area contributed by atoms with Crippen LogP contribution in [0.1, 0.15) is 50.2 Å². The Labute approximate surface area is 193 Å². The molecule has 0 aromatic heterocycles. The van der Waals surface area contributed by atoms with Crippen molar-refractivity contribution in [3.8, 4) is 11.1 Å². The van der Waals surface area contributed by atoms with Gasteiger partial charge in [0.05, 0.1) is 5.92 Å². The number of fused-ring (bicyclic) bond motifs is 3. The van der Waals surface area contributed by atoms with Crippen molar-refractivity contribution < 1.29 is 24.2 Å². The lowest BCUT2D eigenvalue weighted by Gasteiger charge is -2.30. The first-order chi connectivity index (χ1) is 15.9. The quantitative estimate of drug-likeness (QED) is 0.664. The van der Waals surface area contributed by atoms with Crippen molar-refractivity contribution in [3.05, 3.63) is 59.7 Å². The van der Waals surface area contributed by atoms with E-state index in [4.69, 9.17) is 9.84 Å². The first-order valence-corrected chi connectivity index (χ1v) is 11.5. The van der Waals surface area contributed by atoms with Gasteiger partial charge < -0.3 is 20.1 Å². The lowest BCUT2D eigenvalue weighted by molar-refractivity contribution is -0.148. The van der Waals surface area contributed by atoms with Crippen LogP contribution in [0.15, 0.2) is 48.5 Å². The highest BCUT2D eigenvalue weighted by Crippen LogP contribution is 2.44. The summed E-state index contributed by atoms with van der Waals surface area (Å²) in [7, 11) is 0. The minimum atomic E-state index is -1.05. The predicted octanol–water partition coefficient (Wildman–Crippen LogP) is 4.02. The summed E-state index contributed by atoms with van der Waals surface area (Å²) < 4.78 is 5.63. The van der Waals surface area contributed by atoms with Gasteiger partial charge in [0, 0.05) is 18.0 Å². The summed E-state index contributed by atoms with van der Waals surface area (Å²) in [6.45, 7) is 3.46. The van der Waals surface area contributed by atoms with Crippen molar-refractivity contribution in [2.45, 2.75) is 51.1 Å². The van der Waals surface area contributed by atoms with Crippen molar-refractivity contribution in [2.24, 2.45) is 5.92 Å². The number of carbonyl (C=O) groups excluding carboxylic acids is 2. The van der Waals surface area contributed by atoms with Gasteiger partial charge in [-0.2, -0.15) is 0 Å². The molecule has 0 spiro atoms. The monoisotopic (exact) mass is 450 g/mol. The number of carboxylic acid groups (broad SMARTS) is 1. The van der Waals surface area contributed by atoms with Crippen molar-refractivity contribution in [1.82, 2.24) is 10.2 Å². The fraction of sp³-hybridized carbons (Fsp3) is 0.423. The highest BCUT2D eigenvalue weighted by Gasteiger charge is 2.38. The molecule has 0 radical (unpaired) electrons. The average Bonchev–Trinajstić information content (AvgIpc) is 3.38. The Bertz CT molecular complexity index is 1000. The van der Waals surface area contributed by atoms with Gasteiger partial charge in [-0.3, -0.25) is 9.59 Å². The second-order valence-electron chi connectivity index (χ2n) is 9.07. The molecule has 2 aromatic rings. The van der Waals surface area contributed by atoms with Crippen LogP contribution in [0.4, 0.5) is 4.79 Å². The Kier molecular flexibility index (Phi) is 6.67. The van der Waals surface area contributed by atoms with Crippen LogP contribution < -0.4 is 5.32 Å². The fourth-order valence-electron chi connectivity index (χ4n) is 5.09. The number of amides is 2. The fourth-order valence-corrected chi connectivity index (χ4v) is 5.09. The molecule has 2 amide bonds. The van der Waals surface area contributed by atoms with Gasteiger partial charge in [-0.15, -0.1) is 0 Å². The van der Waals surface area contributed by atoms with E-state index in [0.29, 0.717) is 12.8 Å². The van der Waals surface area contributed by atoms with Crippen molar-refractivity contribution in [2.75, 3.05) is 13.2 Å². The Morgan fingerprint density at radius 1 is 1.03 bits per heavy atom. The van der Waals surface area contributed by atoms with Crippen LogP contribution in [0.25, 0.3) is 11.1 Å². The average molecular weight is 451 g/mol. The molecule has 0 heterocycles. The molecule has 0 bridgehead atoms. The van der Waals surface area contributed by atoms with Crippen LogP contribution >= 0.6 is 0 Å². The van der Waals surface area contributed by atoms with Crippen LogP contribution in [0.5, 0.6) is 0 Å². The van der Waals surface area contributed by atoms with E-state index in [2.05, 4.69) is 29.6 Å². The molecule has 33 heavy (non-hydrogen) atoms. The van der Waals surface area contributed by atoms with Gasteiger partial charge in [0.25, 0.3) is 0 Å². The van der Waals surface area contributed by atoms with Gasteiger partial charge in [-0.1, -0.05) is 55.0 Å². The summed E-state index contributed by atoms with van der Waals surface area (Å²) >= 11 is 0. The first-order valence-electron chi connectivity index (χ1n) is 11.5. The van der Waals surface area contributed by atoms with Gasteiger partial charge in [0.2, 0.25) is 5.91 Å². The molecular formula is C26H30N2O5. The molecule has 2 aromatic carbocycles. The number of benzene rings is 2. The molecule has 2 N–H and O–H groups in total. The number of ether oxygens (including phenoxy) is 1. The maximum Gasteiger partial charge on any atom is 0.407 e. The molecule has 7 heteroatoms. The maximum atomic E-state index is 13.0. The zero-order chi connectivity index (χ0) is 23.5. The summed E-state index contributed by atoms with van der Waals surface area (Å²) in [6.07, 6.45) is 1.54. The third kappa shape index (κ3) is 4.72. The summed E-state index contributed by atoms with van der Waals surface area (Å²) in [4.78, 5) is 38.3. The maximum absolute atomic E-state index is 13.0. The van der Waals surface area contributed by atoms with E-state index >= 15 is 0 Å². The third-order valence-electron chi connectivity index (χ3n) is 6.69. The first kappa shape index (κ1) is 22.8. The molecule has 2 atom stereocenters. The minimum absolute atomic E-state index is 0.0313. The molecule has 1 fully saturated rings. The number of hydrogen-bond donors (Lipinski definition) is 2. The number of aliphatic carboxylic acids is 1. The molecule has 174 valence electrons. The molecule has 7 nitrogen and oxygen atoms in total. The molecule has 0 saturated heterocycles. The number of carboxylic acids is 1. The standard InChI is InChI=1S/C26H30N2O5/c1-16(2)28(14-24(29)30)25(31)21-12-7-13-23(21)27-26(32)33-15-22-19-10-5-3-8-17(19)18-9-4-6-11-20(18)22/h3-6,8-11,16,21-23H,7,12-15H2,1-2H3,(H,27,32)(H,29,30)/t21-,23+/m0/s1. The van der Waals surface area contributed by atoms with Gasteiger partial charge >= 0.3 is 12.1 Å². The van der Waals surface area contributed by atoms with Crippen LogP contribution in [-0.4, -0.2) is 53.2 Å². The van der Waals surface area contributed by atoms with Crippen molar-refractivity contribution in [1.29, 1.82) is 0 Å². The predicted molar refractivity (Wildman–Crippen MR) is 124 cm³/mol.